The van der Waals surface area contributed by atoms with Crippen molar-refractivity contribution < 1.29 is 9.53 Å². The number of aryl methyl sites for hydroxylation is 1. The Kier molecular flexibility index (Phi) is 4.52. The molecule has 0 saturated carbocycles. The zero-order valence-corrected chi connectivity index (χ0v) is 13.3. The highest BCUT2D eigenvalue weighted by Crippen LogP contribution is 2.27. The van der Waals surface area contributed by atoms with Crippen LogP contribution in [0.3, 0.4) is 0 Å². The van der Waals surface area contributed by atoms with E-state index in [0.717, 1.165) is 45.7 Å². The van der Waals surface area contributed by atoms with E-state index in [1.54, 1.807) is 0 Å². The van der Waals surface area contributed by atoms with Gasteiger partial charge in [-0.25, -0.2) is 0 Å². The minimum atomic E-state index is -0.574. The van der Waals surface area contributed by atoms with Gasteiger partial charge in [0, 0.05) is 64.2 Å². The first-order valence-electron chi connectivity index (χ1n) is 8.15. The highest BCUT2D eigenvalue weighted by atomic mass is 16.5. The smallest absolute Gasteiger partial charge is 0.240 e. The van der Waals surface area contributed by atoms with Crippen LogP contribution in [0.1, 0.15) is 19.0 Å². The Balaban J connectivity index is 1.59. The molecule has 2 N–H and O–H groups in total. The molecule has 2 saturated heterocycles. The van der Waals surface area contributed by atoms with Crippen LogP contribution in [0.25, 0.3) is 0 Å². The predicted molar refractivity (Wildman–Crippen MR) is 84.3 cm³/mol. The molecule has 0 radical (unpaired) electrons. The molecule has 2 aliphatic heterocycles. The van der Waals surface area contributed by atoms with Crippen LogP contribution in [-0.2, 0) is 22.6 Å². The average Bonchev–Trinajstić information content (AvgIpc) is 3.17. The fourth-order valence-corrected chi connectivity index (χ4v) is 3.62. The highest BCUT2D eigenvalue weighted by molar-refractivity contribution is 5.85. The van der Waals surface area contributed by atoms with Gasteiger partial charge in [-0.1, -0.05) is 0 Å². The van der Waals surface area contributed by atoms with Gasteiger partial charge in [-0.2, -0.15) is 0 Å². The summed E-state index contributed by atoms with van der Waals surface area (Å²) in [6.45, 7) is 8.89. The molecule has 3 rings (SSSR count). The molecule has 6 heteroatoms. The maximum absolute atomic E-state index is 11.9. The number of nitrogens with two attached hydrogens (primary N) is 1. The predicted octanol–water partition coefficient (Wildman–Crippen LogP) is 0.270. The monoisotopic (exact) mass is 306 g/mol. The molecule has 3 heterocycles. The lowest BCUT2D eigenvalue weighted by molar-refractivity contribution is -0.132. The summed E-state index contributed by atoms with van der Waals surface area (Å²) in [7, 11) is 0. The number of ether oxygens (including phenoxy) is 1. The number of nitrogens with zero attached hydrogens (tertiary/aromatic N) is 3. The number of aromatic nitrogens is 1. The molecule has 2 fully saturated rings. The first kappa shape index (κ1) is 15.5. The summed E-state index contributed by atoms with van der Waals surface area (Å²) in [4.78, 5) is 16.6. The molecule has 1 amide bonds. The lowest BCUT2D eigenvalue weighted by Gasteiger charge is -2.43. The molecule has 0 spiro atoms. The Labute approximate surface area is 131 Å². The van der Waals surface area contributed by atoms with E-state index in [0.29, 0.717) is 13.2 Å². The van der Waals surface area contributed by atoms with E-state index in [2.05, 4.69) is 39.6 Å². The fourth-order valence-electron chi connectivity index (χ4n) is 3.62. The second-order valence-corrected chi connectivity index (χ2v) is 6.25. The molecule has 1 unspecified atom stereocenters. The van der Waals surface area contributed by atoms with Gasteiger partial charge in [-0.15, -0.1) is 0 Å². The van der Waals surface area contributed by atoms with Crippen molar-refractivity contribution in [1.82, 2.24) is 14.4 Å². The number of piperazine rings is 1. The van der Waals surface area contributed by atoms with Crippen molar-refractivity contribution in [2.24, 2.45) is 5.73 Å². The summed E-state index contributed by atoms with van der Waals surface area (Å²) >= 11 is 0. The lowest BCUT2D eigenvalue weighted by Crippen LogP contribution is -2.63. The summed E-state index contributed by atoms with van der Waals surface area (Å²) in [5.41, 5.74) is 6.45. The normalized spacial score (nSPS) is 27.3. The van der Waals surface area contributed by atoms with E-state index < -0.39 is 5.54 Å². The van der Waals surface area contributed by atoms with Crippen LogP contribution in [0.2, 0.25) is 0 Å². The van der Waals surface area contributed by atoms with Crippen molar-refractivity contribution in [3.8, 4) is 0 Å². The standard InChI is InChI=1S/C16H26N4O2/c1-2-19-6-3-4-14(19)12-18-7-9-20(10-8-18)16(15(17)21)5-11-22-13-16/h3-4,6H,2,5,7-13H2,1H3,(H2,17,21). The van der Waals surface area contributed by atoms with Gasteiger partial charge in [0.1, 0.15) is 5.54 Å². The van der Waals surface area contributed by atoms with Crippen LogP contribution in [0.4, 0.5) is 0 Å². The van der Waals surface area contributed by atoms with Crippen molar-refractivity contribution in [1.29, 1.82) is 0 Å². The van der Waals surface area contributed by atoms with Gasteiger partial charge in [-0.05, 0) is 19.1 Å². The number of carbonyl (C=O) groups excluding carboxylic acids is 1. The van der Waals surface area contributed by atoms with Crippen LogP contribution >= 0.6 is 0 Å². The largest absolute Gasteiger partial charge is 0.379 e. The second kappa shape index (κ2) is 6.40. The maximum Gasteiger partial charge on any atom is 0.240 e. The van der Waals surface area contributed by atoms with E-state index in [1.165, 1.54) is 5.69 Å². The summed E-state index contributed by atoms with van der Waals surface area (Å²) in [6.07, 6.45) is 2.85. The molecule has 2 aliphatic rings. The summed E-state index contributed by atoms with van der Waals surface area (Å²) < 4.78 is 7.74. The van der Waals surface area contributed by atoms with Gasteiger partial charge >= 0.3 is 0 Å². The van der Waals surface area contributed by atoms with Crippen LogP contribution in [0, 0.1) is 0 Å². The van der Waals surface area contributed by atoms with Gasteiger partial charge < -0.3 is 15.0 Å². The second-order valence-electron chi connectivity index (χ2n) is 6.25. The molecule has 1 aromatic rings. The maximum atomic E-state index is 11.9. The first-order chi connectivity index (χ1) is 10.7. The zero-order valence-electron chi connectivity index (χ0n) is 13.3. The topological polar surface area (TPSA) is 63.7 Å². The Morgan fingerprint density at radius 3 is 2.73 bits per heavy atom. The number of hydrogen-bond acceptors (Lipinski definition) is 4. The zero-order chi connectivity index (χ0) is 15.6. The van der Waals surface area contributed by atoms with E-state index in [-0.39, 0.29) is 5.91 Å². The third-order valence-corrected chi connectivity index (χ3v) is 5.09. The van der Waals surface area contributed by atoms with Crippen LogP contribution in [0.15, 0.2) is 18.3 Å². The number of primary amides is 1. The minimum Gasteiger partial charge on any atom is -0.379 e. The number of hydrogen-bond donors (Lipinski definition) is 1. The lowest BCUT2D eigenvalue weighted by atomic mass is 9.94. The minimum absolute atomic E-state index is 0.238. The molecule has 122 valence electrons. The van der Waals surface area contributed by atoms with Crippen molar-refractivity contribution >= 4 is 5.91 Å². The summed E-state index contributed by atoms with van der Waals surface area (Å²) in [5.74, 6) is -0.238. The van der Waals surface area contributed by atoms with Crippen molar-refractivity contribution in [3.63, 3.8) is 0 Å². The SMILES string of the molecule is CCn1cccc1CN1CCN(C2(C(N)=O)CCOC2)CC1. The van der Waals surface area contributed by atoms with Gasteiger partial charge in [0.2, 0.25) is 5.91 Å². The average molecular weight is 306 g/mol. The highest BCUT2D eigenvalue weighted by Gasteiger charge is 2.46. The van der Waals surface area contributed by atoms with E-state index >= 15 is 0 Å². The Morgan fingerprint density at radius 1 is 1.36 bits per heavy atom. The van der Waals surface area contributed by atoms with Crippen LogP contribution in [0.5, 0.6) is 0 Å². The van der Waals surface area contributed by atoms with Crippen LogP contribution < -0.4 is 5.73 Å². The van der Waals surface area contributed by atoms with Gasteiger partial charge in [0.25, 0.3) is 0 Å². The quantitative estimate of drug-likeness (QED) is 0.848. The molecule has 0 aliphatic carbocycles. The third-order valence-electron chi connectivity index (χ3n) is 5.09. The Hall–Kier alpha value is -1.37. The van der Waals surface area contributed by atoms with Gasteiger partial charge in [0.05, 0.1) is 6.61 Å². The number of carbonyl (C=O) groups is 1. The van der Waals surface area contributed by atoms with Crippen molar-refractivity contribution in [2.45, 2.75) is 32.0 Å². The van der Waals surface area contributed by atoms with E-state index in [4.69, 9.17) is 10.5 Å². The summed E-state index contributed by atoms with van der Waals surface area (Å²) in [6, 6.07) is 4.29. The van der Waals surface area contributed by atoms with Gasteiger partial charge in [-0.3, -0.25) is 14.6 Å². The Bertz CT molecular complexity index is 514. The van der Waals surface area contributed by atoms with Crippen LogP contribution in [-0.4, -0.2) is 65.2 Å². The number of rotatable bonds is 5. The molecular weight excluding hydrogens is 280 g/mol. The summed E-state index contributed by atoms with van der Waals surface area (Å²) in [5, 5.41) is 0. The molecule has 0 aromatic carbocycles. The third kappa shape index (κ3) is 2.78. The van der Waals surface area contributed by atoms with Crippen molar-refractivity contribution in [3.05, 3.63) is 24.0 Å². The molecule has 6 nitrogen and oxygen atoms in total. The molecule has 0 bridgehead atoms. The Morgan fingerprint density at radius 2 is 2.14 bits per heavy atom. The first-order valence-corrected chi connectivity index (χ1v) is 8.15. The molecule has 22 heavy (non-hydrogen) atoms. The number of amides is 1. The van der Waals surface area contributed by atoms with Crippen molar-refractivity contribution in [2.75, 3.05) is 39.4 Å². The van der Waals surface area contributed by atoms with Gasteiger partial charge in [0.15, 0.2) is 0 Å². The molecule has 1 atom stereocenters. The van der Waals surface area contributed by atoms with E-state index in [9.17, 15) is 4.79 Å². The molecule has 1 aromatic heterocycles. The fraction of sp³-hybridized carbons (Fsp3) is 0.688. The molecular formula is C16H26N4O2. The van der Waals surface area contributed by atoms with E-state index in [1.807, 2.05) is 0 Å².